The van der Waals surface area contributed by atoms with Gasteiger partial charge in [-0.1, -0.05) is 12.7 Å². The van der Waals surface area contributed by atoms with E-state index in [0.29, 0.717) is 0 Å². The van der Waals surface area contributed by atoms with Crippen molar-refractivity contribution in [2.75, 3.05) is 0 Å². The van der Waals surface area contributed by atoms with Crippen molar-refractivity contribution in [1.82, 2.24) is 0 Å². The first-order valence-corrected chi connectivity index (χ1v) is 2.93. The van der Waals surface area contributed by atoms with Crippen molar-refractivity contribution in [3.05, 3.63) is 36.0 Å². The van der Waals surface area contributed by atoms with Gasteiger partial charge in [-0.3, -0.25) is 0 Å². The molecule has 0 saturated heterocycles. The normalized spacial score (nSPS) is 13.6. The smallest absolute Gasteiger partial charge is 0.161 e. The molecule has 0 aromatic rings. The van der Waals surface area contributed by atoms with Crippen LogP contribution in [0.5, 0.6) is 0 Å². The Morgan fingerprint density at radius 1 is 1.40 bits per heavy atom. The number of rotatable bonds is 2. The quantitative estimate of drug-likeness (QED) is 0.521. The summed E-state index contributed by atoms with van der Waals surface area (Å²) in [7, 11) is 0. The molecular weight excluding hydrogens is 134 g/mol. The summed E-state index contributed by atoms with van der Waals surface area (Å²) in [5.74, 6) is -1.74. The van der Waals surface area contributed by atoms with Crippen LogP contribution in [-0.4, -0.2) is 0 Å². The SMILES string of the molecule is C=C(C)/C(F)=C(F)\C=C/C. The van der Waals surface area contributed by atoms with Crippen LogP contribution in [-0.2, 0) is 0 Å². The molecule has 0 rings (SSSR count). The lowest BCUT2D eigenvalue weighted by Crippen LogP contribution is -1.77. The van der Waals surface area contributed by atoms with Crippen LogP contribution < -0.4 is 0 Å². The first-order chi connectivity index (χ1) is 4.59. The van der Waals surface area contributed by atoms with Gasteiger partial charge in [0.25, 0.3) is 0 Å². The van der Waals surface area contributed by atoms with Gasteiger partial charge in [0.1, 0.15) is 0 Å². The Morgan fingerprint density at radius 2 is 1.90 bits per heavy atom. The highest BCUT2D eigenvalue weighted by molar-refractivity contribution is 5.28. The second kappa shape index (κ2) is 3.99. The third-order valence-electron chi connectivity index (χ3n) is 0.897. The number of hydrogen-bond donors (Lipinski definition) is 0. The molecule has 0 aromatic heterocycles. The van der Waals surface area contributed by atoms with Crippen molar-refractivity contribution < 1.29 is 8.78 Å². The van der Waals surface area contributed by atoms with E-state index in [1.807, 2.05) is 0 Å². The van der Waals surface area contributed by atoms with Gasteiger partial charge in [0.05, 0.1) is 0 Å². The third kappa shape index (κ3) is 2.58. The standard InChI is InChI=1S/C8H10F2/c1-4-5-7(9)8(10)6(2)3/h4-5H,2H2,1,3H3/b5-4-,8-7-. The molecule has 10 heavy (non-hydrogen) atoms. The zero-order valence-corrected chi connectivity index (χ0v) is 6.12. The lowest BCUT2D eigenvalue weighted by atomic mass is 10.2. The zero-order valence-electron chi connectivity index (χ0n) is 6.12. The topological polar surface area (TPSA) is 0 Å². The average molecular weight is 144 g/mol. The highest BCUT2D eigenvalue weighted by Gasteiger charge is 2.01. The molecule has 0 bridgehead atoms. The van der Waals surface area contributed by atoms with E-state index in [1.54, 1.807) is 6.92 Å². The molecule has 0 nitrogen and oxygen atoms in total. The molecule has 0 radical (unpaired) electrons. The predicted octanol–water partition coefficient (Wildman–Crippen LogP) is 3.29. The maximum atomic E-state index is 12.5. The molecule has 0 fully saturated rings. The van der Waals surface area contributed by atoms with Crippen LogP contribution in [0.1, 0.15) is 13.8 Å². The summed E-state index contributed by atoms with van der Waals surface area (Å²) in [6, 6.07) is 0. The molecule has 56 valence electrons. The first-order valence-electron chi connectivity index (χ1n) is 2.93. The fourth-order valence-electron chi connectivity index (χ4n) is 0.423. The summed E-state index contributed by atoms with van der Waals surface area (Å²) in [5.41, 5.74) is 0.107. The van der Waals surface area contributed by atoms with E-state index in [-0.39, 0.29) is 5.57 Å². The summed E-state index contributed by atoms with van der Waals surface area (Å²) in [5, 5.41) is 0. The Balaban J connectivity index is 4.50. The molecule has 0 aliphatic rings. The lowest BCUT2D eigenvalue weighted by molar-refractivity contribution is 0.564. The summed E-state index contributed by atoms with van der Waals surface area (Å²) >= 11 is 0. The fourth-order valence-corrected chi connectivity index (χ4v) is 0.423. The molecule has 0 amide bonds. The predicted molar refractivity (Wildman–Crippen MR) is 38.9 cm³/mol. The highest BCUT2D eigenvalue weighted by Crippen LogP contribution is 2.15. The Kier molecular flexibility index (Phi) is 3.62. The van der Waals surface area contributed by atoms with Gasteiger partial charge >= 0.3 is 0 Å². The van der Waals surface area contributed by atoms with E-state index in [2.05, 4.69) is 6.58 Å². The van der Waals surface area contributed by atoms with E-state index in [0.717, 1.165) is 6.08 Å². The summed E-state index contributed by atoms with van der Waals surface area (Å²) in [6.45, 7) is 6.28. The van der Waals surface area contributed by atoms with Gasteiger partial charge in [0, 0.05) is 0 Å². The van der Waals surface area contributed by atoms with Crippen molar-refractivity contribution in [3.63, 3.8) is 0 Å². The molecular formula is C8H10F2. The maximum absolute atomic E-state index is 12.5. The van der Waals surface area contributed by atoms with E-state index in [9.17, 15) is 8.78 Å². The Bertz CT molecular complexity index is 187. The minimum atomic E-state index is -0.877. The number of hydrogen-bond acceptors (Lipinski definition) is 0. The average Bonchev–Trinajstić information content (AvgIpc) is 1.87. The number of halogens is 2. The lowest BCUT2D eigenvalue weighted by Gasteiger charge is -1.92. The van der Waals surface area contributed by atoms with E-state index in [1.165, 1.54) is 13.0 Å². The molecule has 0 atom stereocenters. The van der Waals surface area contributed by atoms with Crippen molar-refractivity contribution in [3.8, 4) is 0 Å². The molecule has 0 unspecified atom stereocenters. The molecule has 0 saturated carbocycles. The van der Waals surface area contributed by atoms with Gasteiger partial charge in [-0.25, -0.2) is 8.78 Å². The van der Waals surface area contributed by atoms with Gasteiger partial charge in [0.2, 0.25) is 0 Å². The second-order valence-electron chi connectivity index (χ2n) is 1.94. The Morgan fingerprint density at radius 3 is 2.20 bits per heavy atom. The molecule has 0 spiro atoms. The van der Waals surface area contributed by atoms with Gasteiger partial charge < -0.3 is 0 Å². The first kappa shape index (κ1) is 9.08. The van der Waals surface area contributed by atoms with Crippen molar-refractivity contribution in [1.29, 1.82) is 0 Å². The van der Waals surface area contributed by atoms with Crippen molar-refractivity contribution in [2.45, 2.75) is 13.8 Å². The fraction of sp³-hybridized carbons (Fsp3) is 0.250. The summed E-state index contributed by atoms with van der Waals surface area (Å²) < 4.78 is 24.9. The minimum absolute atomic E-state index is 0.107. The maximum Gasteiger partial charge on any atom is 0.161 e. The Hall–Kier alpha value is -0.920. The monoisotopic (exact) mass is 144 g/mol. The highest BCUT2D eigenvalue weighted by atomic mass is 19.2. The van der Waals surface area contributed by atoms with Gasteiger partial charge in [0.15, 0.2) is 11.7 Å². The van der Waals surface area contributed by atoms with Gasteiger partial charge in [-0.2, -0.15) is 0 Å². The molecule has 0 aromatic carbocycles. The van der Waals surface area contributed by atoms with E-state index in [4.69, 9.17) is 0 Å². The molecule has 0 heterocycles. The van der Waals surface area contributed by atoms with Crippen LogP contribution in [0.3, 0.4) is 0 Å². The van der Waals surface area contributed by atoms with Crippen LogP contribution in [0, 0.1) is 0 Å². The van der Waals surface area contributed by atoms with Crippen LogP contribution >= 0.6 is 0 Å². The molecule has 0 aliphatic heterocycles. The zero-order chi connectivity index (χ0) is 8.15. The van der Waals surface area contributed by atoms with E-state index < -0.39 is 11.7 Å². The van der Waals surface area contributed by atoms with Crippen LogP contribution in [0.15, 0.2) is 36.0 Å². The van der Waals surface area contributed by atoms with Gasteiger partial charge in [-0.05, 0) is 25.5 Å². The van der Waals surface area contributed by atoms with E-state index >= 15 is 0 Å². The largest absolute Gasteiger partial charge is 0.204 e. The van der Waals surface area contributed by atoms with Gasteiger partial charge in [-0.15, -0.1) is 0 Å². The van der Waals surface area contributed by atoms with Crippen molar-refractivity contribution in [2.24, 2.45) is 0 Å². The molecule has 0 aliphatic carbocycles. The summed E-state index contributed by atoms with van der Waals surface area (Å²) in [6.07, 6.45) is 2.49. The Labute approximate surface area is 59.6 Å². The number of allylic oxidation sites excluding steroid dienone is 5. The summed E-state index contributed by atoms with van der Waals surface area (Å²) in [4.78, 5) is 0. The van der Waals surface area contributed by atoms with Crippen LogP contribution in [0.2, 0.25) is 0 Å². The van der Waals surface area contributed by atoms with Crippen LogP contribution in [0.4, 0.5) is 8.78 Å². The minimum Gasteiger partial charge on any atom is -0.204 e. The molecule has 0 N–H and O–H groups in total. The van der Waals surface area contributed by atoms with Crippen LogP contribution in [0.25, 0.3) is 0 Å². The molecule has 2 heteroatoms. The van der Waals surface area contributed by atoms with Crippen molar-refractivity contribution >= 4 is 0 Å². The second-order valence-corrected chi connectivity index (χ2v) is 1.94. The third-order valence-corrected chi connectivity index (χ3v) is 0.897.